The molecule has 20 heavy (non-hydrogen) atoms. The number of fused-ring (bicyclic) bond motifs is 1. The van der Waals surface area contributed by atoms with Gasteiger partial charge in [0, 0.05) is 43.7 Å². The summed E-state index contributed by atoms with van der Waals surface area (Å²) in [4.78, 5) is 7.56. The molecule has 3 rings (SSSR count). The minimum atomic E-state index is 0.511. The van der Waals surface area contributed by atoms with E-state index in [1.54, 1.807) is 0 Å². The van der Waals surface area contributed by atoms with Gasteiger partial charge in [-0.3, -0.25) is 4.90 Å². The Bertz CT molecular complexity index is 463. The number of likely N-dealkylation sites (tertiary alicyclic amines) is 1. The number of nitrogens with one attached hydrogen (secondary N) is 1. The van der Waals surface area contributed by atoms with Gasteiger partial charge in [-0.15, -0.1) is 0 Å². The largest absolute Gasteiger partial charge is 0.330 e. The van der Waals surface area contributed by atoms with Crippen molar-refractivity contribution < 1.29 is 0 Å². The molecule has 1 atom stereocenters. The molecule has 0 aliphatic carbocycles. The van der Waals surface area contributed by atoms with E-state index in [-0.39, 0.29) is 0 Å². The zero-order chi connectivity index (χ0) is 14.1. The summed E-state index contributed by atoms with van der Waals surface area (Å²) in [6.07, 6.45) is 3.83. The van der Waals surface area contributed by atoms with Gasteiger partial charge in [-0.1, -0.05) is 20.8 Å². The first kappa shape index (κ1) is 14.1. The molecule has 1 aromatic rings. The lowest BCUT2D eigenvalue weighted by Gasteiger charge is -2.26. The molecule has 1 fully saturated rings. The summed E-state index contributed by atoms with van der Waals surface area (Å²) < 4.78 is 2.56. The Morgan fingerprint density at radius 3 is 3.00 bits per heavy atom. The highest BCUT2D eigenvalue weighted by Crippen LogP contribution is 2.25. The molecule has 2 aliphatic heterocycles. The van der Waals surface area contributed by atoms with Gasteiger partial charge in [0.25, 0.3) is 0 Å². The third-order valence-electron chi connectivity index (χ3n) is 4.83. The van der Waals surface area contributed by atoms with Crippen molar-refractivity contribution in [3.8, 4) is 0 Å². The summed E-state index contributed by atoms with van der Waals surface area (Å²) in [7, 11) is 0. The van der Waals surface area contributed by atoms with Gasteiger partial charge in [-0.2, -0.15) is 0 Å². The summed E-state index contributed by atoms with van der Waals surface area (Å²) in [6.45, 7) is 12.5. The van der Waals surface area contributed by atoms with Crippen LogP contribution in [0.1, 0.15) is 56.7 Å². The Balaban J connectivity index is 1.89. The third kappa shape index (κ3) is 2.51. The molecule has 1 saturated heterocycles. The van der Waals surface area contributed by atoms with Gasteiger partial charge < -0.3 is 9.88 Å². The van der Waals surface area contributed by atoms with Gasteiger partial charge in [-0.05, 0) is 25.9 Å². The van der Waals surface area contributed by atoms with Crippen LogP contribution in [-0.2, 0) is 19.5 Å². The fourth-order valence-corrected chi connectivity index (χ4v) is 3.77. The first-order valence-electron chi connectivity index (χ1n) is 8.23. The molecule has 3 heterocycles. The van der Waals surface area contributed by atoms with Crippen LogP contribution in [0.25, 0.3) is 0 Å². The average molecular weight is 276 g/mol. The van der Waals surface area contributed by atoms with Crippen LogP contribution in [0.15, 0.2) is 0 Å². The zero-order valence-electron chi connectivity index (χ0n) is 13.2. The number of hydrogen-bond donors (Lipinski definition) is 1. The number of imidazole rings is 1. The Labute approximate surface area is 122 Å². The Morgan fingerprint density at radius 2 is 2.25 bits per heavy atom. The fourth-order valence-electron chi connectivity index (χ4n) is 3.77. The van der Waals surface area contributed by atoms with Crippen molar-refractivity contribution in [2.24, 2.45) is 0 Å². The van der Waals surface area contributed by atoms with Crippen LogP contribution >= 0.6 is 0 Å². The van der Waals surface area contributed by atoms with Crippen molar-refractivity contribution in [2.75, 3.05) is 19.6 Å². The molecule has 0 bridgehead atoms. The number of nitrogens with zero attached hydrogens (tertiary/aromatic N) is 3. The molecule has 1 aromatic heterocycles. The first-order chi connectivity index (χ1) is 9.70. The van der Waals surface area contributed by atoms with Crippen molar-refractivity contribution >= 4 is 0 Å². The standard InChI is InChI=1S/C16H28N4/c1-4-19-9-5-6-13(19)11-20-15-7-8-17-10-14(15)18-16(20)12(2)3/h12-13,17H,4-11H2,1-3H3. The van der Waals surface area contributed by atoms with Gasteiger partial charge in [0.05, 0.1) is 5.69 Å². The van der Waals surface area contributed by atoms with Crippen LogP contribution in [0.2, 0.25) is 0 Å². The van der Waals surface area contributed by atoms with Gasteiger partial charge in [0.15, 0.2) is 0 Å². The molecule has 0 aromatic carbocycles. The normalized spacial score (nSPS) is 23.5. The van der Waals surface area contributed by atoms with E-state index < -0.39 is 0 Å². The lowest BCUT2D eigenvalue weighted by molar-refractivity contribution is 0.240. The maximum absolute atomic E-state index is 4.93. The number of likely N-dealkylation sites (N-methyl/N-ethyl adjacent to an activating group) is 1. The van der Waals surface area contributed by atoms with E-state index in [0.29, 0.717) is 12.0 Å². The molecule has 4 nitrogen and oxygen atoms in total. The second-order valence-electron chi connectivity index (χ2n) is 6.48. The summed E-state index contributed by atoms with van der Waals surface area (Å²) in [5, 5.41) is 3.45. The predicted octanol–water partition coefficient (Wildman–Crippen LogP) is 2.14. The van der Waals surface area contributed by atoms with Crippen molar-refractivity contribution in [3.05, 3.63) is 17.2 Å². The minimum Gasteiger partial charge on any atom is -0.330 e. The predicted molar refractivity (Wildman–Crippen MR) is 82.0 cm³/mol. The van der Waals surface area contributed by atoms with Gasteiger partial charge in [0.1, 0.15) is 5.82 Å². The Hall–Kier alpha value is -0.870. The van der Waals surface area contributed by atoms with E-state index in [9.17, 15) is 0 Å². The first-order valence-corrected chi connectivity index (χ1v) is 8.23. The van der Waals surface area contributed by atoms with E-state index >= 15 is 0 Å². The molecule has 0 radical (unpaired) electrons. The van der Waals surface area contributed by atoms with E-state index in [2.05, 4.69) is 35.6 Å². The smallest absolute Gasteiger partial charge is 0.111 e. The summed E-state index contributed by atoms with van der Waals surface area (Å²) >= 11 is 0. The quantitative estimate of drug-likeness (QED) is 0.914. The topological polar surface area (TPSA) is 33.1 Å². The lowest BCUT2D eigenvalue weighted by Crippen LogP contribution is -2.34. The van der Waals surface area contributed by atoms with Gasteiger partial charge in [-0.25, -0.2) is 4.98 Å². The fraction of sp³-hybridized carbons (Fsp3) is 0.812. The molecule has 0 saturated carbocycles. The number of aromatic nitrogens is 2. The molecular formula is C16H28N4. The van der Waals surface area contributed by atoms with Crippen molar-refractivity contribution in [3.63, 3.8) is 0 Å². The summed E-state index contributed by atoms with van der Waals surface area (Å²) in [6, 6.07) is 0.714. The Morgan fingerprint density at radius 1 is 1.40 bits per heavy atom. The molecule has 112 valence electrons. The summed E-state index contributed by atoms with van der Waals surface area (Å²) in [5.74, 6) is 1.80. The third-order valence-corrected chi connectivity index (χ3v) is 4.83. The van der Waals surface area contributed by atoms with Gasteiger partial charge in [0.2, 0.25) is 0 Å². The highest BCUT2D eigenvalue weighted by atomic mass is 15.2. The number of hydrogen-bond acceptors (Lipinski definition) is 3. The maximum Gasteiger partial charge on any atom is 0.111 e. The molecule has 4 heteroatoms. The molecule has 2 aliphatic rings. The van der Waals surface area contributed by atoms with Crippen molar-refractivity contribution in [2.45, 2.75) is 65.1 Å². The lowest BCUT2D eigenvalue weighted by atomic mass is 10.1. The van der Waals surface area contributed by atoms with Crippen LogP contribution < -0.4 is 5.32 Å². The average Bonchev–Trinajstić information content (AvgIpc) is 3.04. The van der Waals surface area contributed by atoms with Crippen LogP contribution in [0.4, 0.5) is 0 Å². The van der Waals surface area contributed by atoms with Crippen molar-refractivity contribution in [1.29, 1.82) is 0 Å². The minimum absolute atomic E-state index is 0.511. The maximum atomic E-state index is 4.93. The number of rotatable bonds is 4. The van der Waals surface area contributed by atoms with E-state index in [1.165, 1.54) is 43.1 Å². The molecule has 1 unspecified atom stereocenters. The van der Waals surface area contributed by atoms with E-state index in [1.807, 2.05) is 0 Å². The Kier molecular flexibility index (Phi) is 4.13. The van der Waals surface area contributed by atoms with Crippen LogP contribution in [0.5, 0.6) is 0 Å². The monoisotopic (exact) mass is 276 g/mol. The van der Waals surface area contributed by atoms with Gasteiger partial charge >= 0.3 is 0 Å². The zero-order valence-corrected chi connectivity index (χ0v) is 13.2. The molecule has 0 spiro atoms. The summed E-state index contributed by atoms with van der Waals surface area (Å²) in [5.41, 5.74) is 2.79. The van der Waals surface area contributed by atoms with Crippen molar-refractivity contribution in [1.82, 2.24) is 19.8 Å². The molecular weight excluding hydrogens is 248 g/mol. The SMILES string of the molecule is CCN1CCCC1Cn1c(C(C)C)nc2c1CCNC2. The van der Waals surface area contributed by atoms with Crippen LogP contribution in [0.3, 0.4) is 0 Å². The van der Waals surface area contributed by atoms with E-state index in [4.69, 9.17) is 4.98 Å². The van der Waals surface area contributed by atoms with Crippen LogP contribution in [0, 0.1) is 0 Å². The second kappa shape index (κ2) is 5.86. The second-order valence-corrected chi connectivity index (χ2v) is 6.48. The highest BCUT2D eigenvalue weighted by molar-refractivity contribution is 5.22. The molecule has 0 amide bonds. The van der Waals surface area contributed by atoms with Crippen LogP contribution in [-0.4, -0.2) is 40.1 Å². The molecule has 1 N–H and O–H groups in total. The van der Waals surface area contributed by atoms with E-state index in [0.717, 1.165) is 26.1 Å². The highest BCUT2D eigenvalue weighted by Gasteiger charge is 2.27.